The van der Waals surface area contributed by atoms with Gasteiger partial charge in [-0.3, -0.25) is 4.79 Å². The number of furan rings is 1. The van der Waals surface area contributed by atoms with E-state index in [1.165, 1.54) is 0 Å². The highest BCUT2D eigenvalue weighted by molar-refractivity contribution is 6.30. The Morgan fingerprint density at radius 2 is 1.88 bits per heavy atom. The van der Waals surface area contributed by atoms with Gasteiger partial charge in [0.2, 0.25) is 0 Å². The van der Waals surface area contributed by atoms with Crippen LogP contribution < -0.4 is 0 Å². The maximum absolute atomic E-state index is 12.5. The molecule has 1 atom stereocenters. The Hall–Kier alpha value is -1.78. The van der Waals surface area contributed by atoms with Crippen molar-refractivity contribution in [1.29, 1.82) is 0 Å². The molecular weight excluding hydrogens is 326 g/mol. The Morgan fingerprint density at radius 1 is 1.25 bits per heavy atom. The predicted molar refractivity (Wildman–Crippen MR) is 93.2 cm³/mol. The average molecular weight is 348 g/mol. The Kier molecular flexibility index (Phi) is 4.97. The molecule has 1 saturated heterocycles. The standard InChI is InChI=1S/C19H22ClNO3/c1-12-11-17(24-13(12)2)19(23)21-9-7-15(8-10-21)18(22)14-3-5-16(20)6-4-14/h3-6,11,15,18,22H,7-10H2,1-2H3. The second kappa shape index (κ2) is 6.99. The summed E-state index contributed by atoms with van der Waals surface area (Å²) < 4.78 is 5.53. The van der Waals surface area contributed by atoms with Crippen LogP contribution in [0.3, 0.4) is 0 Å². The molecule has 4 nitrogen and oxygen atoms in total. The molecule has 0 spiro atoms. The van der Waals surface area contributed by atoms with E-state index in [-0.39, 0.29) is 11.8 Å². The maximum Gasteiger partial charge on any atom is 0.289 e. The number of aliphatic hydroxyl groups excluding tert-OH is 1. The number of amides is 1. The molecule has 0 aliphatic carbocycles. The van der Waals surface area contributed by atoms with Gasteiger partial charge in [0, 0.05) is 18.1 Å². The highest BCUT2D eigenvalue weighted by Gasteiger charge is 2.29. The van der Waals surface area contributed by atoms with Crippen molar-refractivity contribution in [3.8, 4) is 0 Å². The van der Waals surface area contributed by atoms with E-state index in [9.17, 15) is 9.90 Å². The normalized spacial score (nSPS) is 17.1. The molecule has 1 aromatic carbocycles. The molecule has 5 heteroatoms. The number of aryl methyl sites for hydroxylation is 2. The summed E-state index contributed by atoms with van der Waals surface area (Å²) in [5.74, 6) is 1.27. The number of rotatable bonds is 3. The van der Waals surface area contributed by atoms with Crippen molar-refractivity contribution in [1.82, 2.24) is 4.90 Å². The quantitative estimate of drug-likeness (QED) is 0.908. The molecule has 128 valence electrons. The number of piperidine rings is 1. The number of nitrogens with zero attached hydrogens (tertiary/aromatic N) is 1. The minimum Gasteiger partial charge on any atom is -0.456 e. The summed E-state index contributed by atoms with van der Waals surface area (Å²) in [7, 11) is 0. The van der Waals surface area contributed by atoms with Crippen LogP contribution in [0.4, 0.5) is 0 Å². The topological polar surface area (TPSA) is 53.7 Å². The number of benzene rings is 1. The smallest absolute Gasteiger partial charge is 0.289 e. The van der Waals surface area contributed by atoms with E-state index >= 15 is 0 Å². The minimum atomic E-state index is -0.521. The Balaban J connectivity index is 1.61. The lowest BCUT2D eigenvalue weighted by atomic mass is 9.87. The van der Waals surface area contributed by atoms with Crippen molar-refractivity contribution in [3.63, 3.8) is 0 Å². The highest BCUT2D eigenvalue weighted by atomic mass is 35.5. The molecule has 0 bridgehead atoms. The van der Waals surface area contributed by atoms with Crippen molar-refractivity contribution >= 4 is 17.5 Å². The number of carbonyl (C=O) groups is 1. The number of likely N-dealkylation sites (tertiary alicyclic amines) is 1. The maximum atomic E-state index is 12.5. The fourth-order valence-corrected chi connectivity index (χ4v) is 3.31. The van der Waals surface area contributed by atoms with Crippen molar-refractivity contribution in [2.24, 2.45) is 5.92 Å². The Labute approximate surface area is 147 Å². The highest BCUT2D eigenvalue weighted by Crippen LogP contribution is 2.32. The molecule has 0 saturated carbocycles. The SMILES string of the molecule is Cc1cc(C(=O)N2CCC(C(O)c3ccc(Cl)cc3)CC2)oc1C. The first kappa shape index (κ1) is 17.1. The Morgan fingerprint density at radius 3 is 2.42 bits per heavy atom. The number of aliphatic hydroxyl groups is 1. The van der Waals surface area contributed by atoms with Crippen molar-refractivity contribution < 1.29 is 14.3 Å². The number of halogens is 1. The zero-order valence-corrected chi connectivity index (χ0v) is 14.7. The zero-order chi connectivity index (χ0) is 17.3. The van der Waals surface area contributed by atoms with Crippen LogP contribution in [0.15, 0.2) is 34.7 Å². The summed E-state index contributed by atoms with van der Waals surface area (Å²) in [4.78, 5) is 14.3. The molecular formula is C19H22ClNO3. The van der Waals surface area contributed by atoms with Crippen LogP contribution >= 0.6 is 11.6 Å². The molecule has 1 aliphatic rings. The van der Waals surface area contributed by atoms with Crippen LogP contribution in [-0.2, 0) is 0 Å². The molecule has 1 N–H and O–H groups in total. The van der Waals surface area contributed by atoms with E-state index < -0.39 is 6.10 Å². The molecule has 24 heavy (non-hydrogen) atoms. The number of hydrogen-bond acceptors (Lipinski definition) is 3. The molecule has 1 aromatic heterocycles. The second-order valence-electron chi connectivity index (χ2n) is 6.48. The van der Waals surface area contributed by atoms with Gasteiger partial charge < -0.3 is 14.4 Å². The summed E-state index contributed by atoms with van der Waals surface area (Å²) >= 11 is 5.89. The number of carbonyl (C=O) groups excluding carboxylic acids is 1. The third kappa shape index (κ3) is 3.50. The average Bonchev–Trinajstić information content (AvgIpc) is 2.93. The van der Waals surface area contributed by atoms with Gasteiger partial charge in [0.15, 0.2) is 5.76 Å². The summed E-state index contributed by atoms with van der Waals surface area (Å²) in [5, 5.41) is 11.2. The largest absolute Gasteiger partial charge is 0.456 e. The summed E-state index contributed by atoms with van der Waals surface area (Å²) in [6.45, 7) is 5.06. The van der Waals surface area contributed by atoms with Gasteiger partial charge in [-0.2, -0.15) is 0 Å². The van der Waals surface area contributed by atoms with Gasteiger partial charge in [-0.1, -0.05) is 23.7 Å². The third-order valence-corrected chi connectivity index (χ3v) is 5.11. The van der Waals surface area contributed by atoms with Crippen LogP contribution in [0.1, 0.15) is 46.4 Å². The summed E-state index contributed by atoms with van der Waals surface area (Å²) in [6.07, 6.45) is 1.02. The van der Waals surface area contributed by atoms with Crippen LogP contribution in [0.2, 0.25) is 5.02 Å². The first-order valence-corrected chi connectivity index (χ1v) is 8.63. The summed E-state index contributed by atoms with van der Waals surface area (Å²) in [5.41, 5.74) is 1.87. The van der Waals surface area contributed by atoms with Gasteiger partial charge in [-0.15, -0.1) is 0 Å². The van der Waals surface area contributed by atoms with Crippen LogP contribution in [0.5, 0.6) is 0 Å². The Bertz CT molecular complexity index is 695. The molecule has 1 amide bonds. The fraction of sp³-hybridized carbons (Fsp3) is 0.421. The number of hydrogen-bond donors (Lipinski definition) is 1. The summed E-state index contributed by atoms with van der Waals surface area (Å²) in [6, 6.07) is 9.10. The van der Waals surface area contributed by atoms with E-state index in [1.807, 2.05) is 30.9 Å². The third-order valence-electron chi connectivity index (χ3n) is 4.86. The van der Waals surface area contributed by atoms with E-state index in [0.717, 1.165) is 29.7 Å². The lowest BCUT2D eigenvalue weighted by Crippen LogP contribution is -2.39. The minimum absolute atomic E-state index is 0.0642. The van der Waals surface area contributed by atoms with Crippen LogP contribution in [0.25, 0.3) is 0 Å². The van der Waals surface area contributed by atoms with Crippen LogP contribution in [-0.4, -0.2) is 29.0 Å². The van der Waals surface area contributed by atoms with Gasteiger partial charge in [0.1, 0.15) is 5.76 Å². The van der Waals surface area contributed by atoms with Crippen molar-refractivity contribution in [2.75, 3.05) is 13.1 Å². The van der Waals surface area contributed by atoms with E-state index in [0.29, 0.717) is 23.9 Å². The molecule has 1 unspecified atom stereocenters. The van der Waals surface area contributed by atoms with Gasteiger partial charge in [0.05, 0.1) is 6.10 Å². The predicted octanol–water partition coefficient (Wildman–Crippen LogP) is 4.14. The van der Waals surface area contributed by atoms with Gasteiger partial charge >= 0.3 is 0 Å². The molecule has 3 rings (SSSR count). The van der Waals surface area contributed by atoms with E-state index in [4.69, 9.17) is 16.0 Å². The van der Waals surface area contributed by atoms with Crippen molar-refractivity contribution in [3.05, 3.63) is 58.0 Å². The van der Waals surface area contributed by atoms with Crippen LogP contribution in [0, 0.1) is 19.8 Å². The van der Waals surface area contributed by atoms with Gasteiger partial charge in [-0.05, 0) is 61.9 Å². The molecule has 2 aromatic rings. The lowest BCUT2D eigenvalue weighted by molar-refractivity contribution is 0.0442. The zero-order valence-electron chi connectivity index (χ0n) is 14.0. The fourth-order valence-electron chi connectivity index (χ4n) is 3.18. The van der Waals surface area contributed by atoms with Gasteiger partial charge in [-0.25, -0.2) is 0 Å². The first-order valence-electron chi connectivity index (χ1n) is 8.25. The second-order valence-corrected chi connectivity index (χ2v) is 6.91. The van der Waals surface area contributed by atoms with Gasteiger partial charge in [0.25, 0.3) is 5.91 Å². The van der Waals surface area contributed by atoms with Crippen molar-refractivity contribution in [2.45, 2.75) is 32.8 Å². The molecule has 1 aliphatic heterocycles. The van der Waals surface area contributed by atoms with E-state index in [1.54, 1.807) is 18.2 Å². The monoisotopic (exact) mass is 347 g/mol. The van der Waals surface area contributed by atoms with E-state index in [2.05, 4.69) is 0 Å². The molecule has 2 heterocycles. The first-order chi connectivity index (χ1) is 11.5. The molecule has 0 radical (unpaired) electrons. The molecule has 1 fully saturated rings. The lowest BCUT2D eigenvalue weighted by Gasteiger charge is -2.34.